The fourth-order valence-corrected chi connectivity index (χ4v) is 3.35. The number of pyridine rings is 1. The molecule has 0 saturated carbocycles. The van der Waals surface area contributed by atoms with Gasteiger partial charge in [-0.25, -0.2) is 8.78 Å². The Bertz CT molecular complexity index is 1050. The Morgan fingerprint density at radius 1 is 1.15 bits per heavy atom. The highest BCUT2D eigenvalue weighted by Crippen LogP contribution is 2.36. The summed E-state index contributed by atoms with van der Waals surface area (Å²) in [6, 6.07) is 11.5. The smallest absolute Gasteiger partial charge is 0.207 e. The Hall–Kier alpha value is -3.07. The number of unbranched alkanes of at least 4 members (excludes halogenated alkanes) is 1. The van der Waals surface area contributed by atoms with Gasteiger partial charge < -0.3 is 4.98 Å². The maximum Gasteiger partial charge on any atom is 0.207 e. The molecule has 1 aromatic heterocycles. The maximum absolute atomic E-state index is 14.9. The van der Waals surface area contributed by atoms with Crippen LogP contribution in [0.25, 0.3) is 10.9 Å². The van der Waals surface area contributed by atoms with Crippen LogP contribution in [0.2, 0.25) is 0 Å². The molecule has 3 aromatic rings. The molecule has 0 saturated heterocycles. The molecule has 3 rings (SSSR count). The first-order valence-corrected chi connectivity index (χ1v) is 8.62. The van der Waals surface area contributed by atoms with E-state index in [1.807, 2.05) is 6.07 Å². The highest BCUT2D eigenvalue weighted by molar-refractivity contribution is 5.84. The molecule has 0 amide bonds. The largest absolute Gasteiger partial charge is 0.359 e. The highest BCUT2D eigenvalue weighted by atomic mass is 19.2. The van der Waals surface area contributed by atoms with Crippen molar-refractivity contribution in [2.45, 2.75) is 25.2 Å². The second kappa shape index (κ2) is 8.09. The molecule has 1 heterocycles. The number of hydrogen-bond donors (Lipinski definition) is 1. The van der Waals surface area contributed by atoms with Gasteiger partial charge in [-0.1, -0.05) is 30.3 Å². The minimum atomic E-state index is -1.15. The molecule has 138 valence electrons. The number of nitriles is 1. The monoisotopic (exact) mass is 370 g/mol. The topological polar surface area (TPSA) is 56.6 Å². The summed E-state index contributed by atoms with van der Waals surface area (Å²) in [4.78, 5) is 15.2. The third kappa shape index (κ3) is 3.59. The van der Waals surface area contributed by atoms with E-state index in [1.54, 1.807) is 30.3 Å². The van der Waals surface area contributed by atoms with E-state index < -0.39 is 29.7 Å². The van der Waals surface area contributed by atoms with Gasteiger partial charge in [-0.3, -0.25) is 9.18 Å². The van der Waals surface area contributed by atoms with Crippen molar-refractivity contribution in [2.24, 2.45) is 0 Å². The normalized spacial score (nSPS) is 12.1. The van der Waals surface area contributed by atoms with Crippen LogP contribution < -0.4 is 5.43 Å². The van der Waals surface area contributed by atoms with Crippen LogP contribution in [0.4, 0.5) is 13.2 Å². The fraction of sp³-hybridized carbons (Fsp3) is 0.238. The van der Waals surface area contributed by atoms with E-state index >= 15 is 0 Å². The van der Waals surface area contributed by atoms with E-state index in [-0.39, 0.29) is 22.0 Å². The number of nitrogens with zero attached hydrogens (tertiary/aromatic N) is 1. The van der Waals surface area contributed by atoms with Crippen molar-refractivity contribution < 1.29 is 13.2 Å². The average molecular weight is 370 g/mol. The maximum atomic E-state index is 14.9. The quantitative estimate of drug-likeness (QED) is 0.624. The van der Waals surface area contributed by atoms with Crippen molar-refractivity contribution in [3.8, 4) is 6.07 Å². The zero-order valence-corrected chi connectivity index (χ0v) is 14.4. The van der Waals surface area contributed by atoms with Crippen molar-refractivity contribution >= 4 is 10.9 Å². The van der Waals surface area contributed by atoms with E-state index in [9.17, 15) is 18.0 Å². The Kier molecular flexibility index (Phi) is 5.60. The van der Waals surface area contributed by atoms with E-state index in [0.29, 0.717) is 19.3 Å². The van der Waals surface area contributed by atoms with Crippen molar-refractivity contribution in [1.29, 1.82) is 5.26 Å². The lowest BCUT2D eigenvalue weighted by Crippen LogP contribution is -2.13. The van der Waals surface area contributed by atoms with Crippen molar-refractivity contribution in [2.75, 3.05) is 6.67 Å². The molecule has 0 aliphatic carbocycles. The second-order valence-corrected chi connectivity index (χ2v) is 6.30. The minimum absolute atomic E-state index is 0.0247. The molecule has 0 bridgehead atoms. The molecule has 1 unspecified atom stereocenters. The molecule has 27 heavy (non-hydrogen) atoms. The average Bonchev–Trinajstić information content (AvgIpc) is 2.69. The zero-order valence-electron chi connectivity index (χ0n) is 14.4. The molecule has 2 aromatic carbocycles. The van der Waals surface area contributed by atoms with Gasteiger partial charge in [0.05, 0.1) is 17.6 Å². The molecule has 0 fully saturated rings. The van der Waals surface area contributed by atoms with Gasteiger partial charge in [0, 0.05) is 17.7 Å². The first-order valence-electron chi connectivity index (χ1n) is 8.62. The van der Waals surface area contributed by atoms with Crippen molar-refractivity contribution in [1.82, 2.24) is 4.98 Å². The Morgan fingerprint density at radius 2 is 1.89 bits per heavy atom. The molecule has 3 nitrogen and oxygen atoms in total. The summed E-state index contributed by atoms with van der Waals surface area (Å²) < 4.78 is 41.7. The van der Waals surface area contributed by atoms with Crippen LogP contribution in [-0.2, 0) is 0 Å². The number of fused-ring (bicyclic) bond motifs is 1. The molecule has 1 atom stereocenters. The van der Waals surface area contributed by atoms with Crippen LogP contribution in [0.15, 0.2) is 47.4 Å². The van der Waals surface area contributed by atoms with Gasteiger partial charge in [0.1, 0.15) is 11.6 Å². The standard InChI is InChI=1S/C21H17F3N2O/c22-9-5-4-8-15(13-6-2-1-3-7-13)18-19(24)17(23)10-16-20(18)26-12-14(11-25)21(16)27/h1-3,6-7,10,12,15H,4-5,8-9H2,(H,26,27). The summed E-state index contributed by atoms with van der Waals surface area (Å²) in [5, 5.41) is 8.95. The van der Waals surface area contributed by atoms with Gasteiger partial charge in [0.15, 0.2) is 11.6 Å². The molecular weight excluding hydrogens is 353 g/mol. The molecule has 1 N–H and O–H groups in total. The summed E-state index contributed by atoms with van der Waals surface area (Å²) in [5.41, 5.74) is 0.103. The van der Waals surface area contributed by atoms with Gasteiger partial charge in [0.2, 0.25) is 5.43 Å². The fourth-order valence-electron chi connectivity index (χ4n) is 3.35. The number of alkyl halides is 1. The predicted molar refractivity (Wildman–Crippen MR) is 97.3 cm³/mol. The number of nitrogens with one attached hydrogen (secondary N) is 1. The third-order valence-corrected chi connectivity index (χ3v) is 4.65. The van der Waals surface area contributed by atoms with Gasteiger partial charge >= 0.3 is 0 Å². The summed E-state index contributed by atoms with van der Waals surface area (Å²) in [6.07, 6.45) is 2.39. The second-order valence-electron chi connectivity index (χ2n) is 6.30. The Morgan fingerprint density at radius 3 is 2.56 bits per heavy atom. The molecule has 0 spiro atoms. The summed E-state index contributed by atoms with van der Waals surface area (Å²) in [5.74, 6) is -2.75. The number of benzene rings is 2. The van der Waals surface area contributed by atoms with Crippen LogP contribution in [0.3, 0.4) is 0 Å². The number of aromatic nitrogens is 1. The summed E-state index contributed by atoms with van der Waals surface area (Å²) >= 11 is 0. The Labute approximate surface area is 154 Å². The van der Waals surface area contributed by atoms with Crippen molar-refractivity contribution in [3.63, 3.8) is 0 Å². The van der Waals surface area contributed by atoms with Gasteiger partial charge in [-0.15, -0.1) is 0 Å². The molecule has 0 radical (unpaired) electrons. The first-order chi connectivity index (χ1) is 13.1. The molecule has 0 aliphatic rings. The lowest BCUT2D eigenvalue weighted by molar-refractivity contribution is 0.446. The lowest BCUT2D eigenvalue weighted by atomic mass is 9.85. The summed E-state index contributed by atoms with van der Waals surface area (Å²) in [7, 11) is 0. The van der Waals surface area contributed by atoms with Crippen LogP contribution in [-0.4, -0.2) is 11.7 Å². The van der Waals surface area contributed by atoms with Gasteiger partial charge in [-0.05, 0) is 30.9 Å². The number of H-pyrrole nitrogens is 1. The van der Waals surface area contributed by atoms with Crippen LogP contribution in [0.5, 0.6) is 0 Å². The number of halogens is 3. The van der Waals surface area contributed by atoms with E-state index in [4.69, 9.17) is 5.26 Å². The number of hydrogen-bond acceptors (Lipinski definition) is 2. The third-order valence-electron chi connectivity index (χ3n) is 4.65. The minimum Gasteiger partial charge on any atom is -0.359 e. The first kappa shape index (κ1) is 18.7. The van der Waals surface area contributed by atoms with Crippen LogP contribution in [0, 0.1) is 23.0 Å². The molecule has 6 heteroatoms. The molecule has 0 aliphatic heterocycles. The number of aromatic amines is 1. The van der Waals surface area contributed by atoms with E-state index in [1.165, 1.54) is 6.20 Å². The number of rotatable bonds is 6. The van der Waals surface area contributed by atoms with E-state index in [0.717, 1.165) is 11.6 Å². The zero-order chi connectivity index (χ0) is 19.4. The lowest BCUT2D eigenvalue weighted by Gasteiger charge is -2.21. The van der Waals surface area contributed by atoms with Crippen LogP contribution >= 0.6 is 0 Å². The van der Waals surface area contributed by atoms with E-state index in [2.05, 4.69) is 4.98 Å². The SMILES string of the molecule is N#Cc1c[nH]c2c(C(CCCCF)c3ccccc3)c(F)c(F)cc2c1=O. The molecular formula is C21H17F3N2O. The van der Waals surface area contributed by atoms with Gasteiger partial charge in [-0.2, -0.15) is 5.26 Å². The van der Waals surface area contributed by atoms with Crippen molar-refractivity contribution in [3.05, 3.63) is 81.1 Å². The highest BCUT2D eigenvalue weighted by Gasteiger charge is 2.25. The Balaban J connectivity index is 2.28. The summed E-state index contributed by atoms with van der Waals surface area (Å²) in [6.45, 7) is -0.490. The van der Waals surface area contributed by atoms with Gasteiger partial charge in [0.25, 0.3) is 0 Å². The predicted octanol–water partition coefficient (Wildman–Crippen LogP) is 4.95. The van der Waals surface area contributed by atoms with Crippen LogP contribution in [0.1, 0.15) is 41.9 Å².